The molecule has 0 aromatic heterocycles. The maximum atomic E-state index is 15.0. The summed E-state index contributed by atoms with van der Waals surface area (Å²) < 4.78 is 28.9. The van der Waals surface area contributed by atoms with Gasteiger partial charge in [0.1, 0.15) is 11.6 Å². The fourth-order valence-electron chi connectivity index (χ4n) is 4.88. The zero-order valence-corrected chi connectivity index (χ0v) is 15.8. The summed E-state index contributed by atoms with van der Waals surface area (Å²) in [6.45, 7) is 0.182. The quantitative estimate of drug-likeness (QED) is 0.828. The van der Waals surface area contributed by atoms with Crippen molar-refractivity contribution in [2.75, 3.05) is 18.5 Å². The minimum atomic E-state index is -1.03. The largest absolute Gasteiger partial charge is 0.389 e. The van der Waals surface area contributed by atoms with Crippen molar-refractivity contribution in [1.29, 1.82) is 0 Å². The first-order chi connectivity index (χ1) is 13.5. The standard InChI is InChI=1S/C22H24F2N2O2/c1-25-13-18(27)19(14-6-4-7-15(23)12-14)26-20-16(8-5-9-17(20)24)22(21(26)28)10-2-3-11-22/h4-9,12,18-19,25,27H,2-3,10-11,13H2,1H3. The molecule has 148 valence electrons. The van der Waals surface area contributed by atoms with Crippen molar-refractivity contribution < 1.29 is 18.7 Å². The zero-order chi connectivity index (χ0) is 19.9. The molecule has 0 saturated heterocycles. The highest BCUT2D eigenvalue weighted by molar-refractivity contribution is 6.09. The lowest BCUT2D eigenvalue weighted by atomic mass is 9.80. The van der Waals surface area contributed by atoms with Crippen molar-refractivity contribution in [3.8, 4) is 0 Å². The molecule has 2 aromatic carbocycles. The summed E-state index contributed by atoms with van der Waals surface area (Å²) in [5.74, 6) is -1.16. The molecule has 1 aliphatic carbocycles. The number of benzene rings is 2. The molecule has 4 nitrogen and oxygen atoms in total. The van der Waals surface area contributed by atoms with Gasteiger partial charge >= 0.3 is 0 Å². The maximum absolute atomic E-state index is 15.0. The van der Waals surface area contributed by atoms with E-state index in [2.05, 4.69) is 5.32 Å². The average molecular weight is 386 g/mol. The van der Waals surface area contributed by atoms with Crippen LogP contribution in [0.5, 0.6) is 0 Å². The summed E-state index contributed by atoms with van der Waals surface area (Å²) in [5.41, 5.74) is 0.606. The highest BCUT2D eigenvalue weighted by atomic mass is 19.1. The number of halogens is 2. The number of aliphatic hydroxyl groups is 1. The average Bonchev–Trinajstić information content (AvgIpc) is 3.24. The molecule has 1 saturated carbocycles. The van der Waals surface area contributed by atoms with Gasteiger partial charge in [0.2, 0.25) is 5.91 Å². The van der Waals surface area contributed by atoms with E-state index in [-0.39, 0.29) is 18.1 Å². The van der Waals surface area contributed by atoms with Gasteiger partial charge in [-0.3, -0.25) is 9.69 Å². The molecule has 2 aliphatic rings. The number of likely N-dealkylation sites (N-methyl/N-ethyl adjacent to an activating group) is 1. The van der Waals surface area contributed by atoms with Crippen LogP contribution in [0.15, 0.2) is 42.5 Å². The van der Waals surface area contributed by atoms with E-state index >= 15 is 0 Å². The number of nitrogens with zero attached hydrogens (tertiary/aromatic N) is 1. The summed E-state index contributed by atoms with van der Waals surface area (Å²) in [4.78, 5) is 15.1. The second-order valence-electron chi connectivity index (χ2n) is 7.73. The molecule has 4 rings (SSSR count). The van der Waals surface area contributed by atoms with E-state index in [0.29, 0.717) is 24.0 Å². The first-order valence-electron chi connectivity index (χ1n) is 9.70. The third kappa shape index (κ3) is 2.83. The van der Waals surface area contributed by atoms with Crippen LogP contribution in [-0.2, 0) is 10.2 Å². The van der Waals surface area contributed by atoms with Gasteiger partial charge in [-0.25, -0.2) is 8.78 Å². The lowest BCUT2D eigenvalue weighted by Gasteiger charge is -2.34. The third-order valence-corrected chi connectivity index (χ3v) is 6.07. The smallest absolute Gasteiger partial charge is 0.238 e. The first kappa shape index (κ1) is 19.0. The zero-order valence-electron chi connectivity index (χ0n) is 15.8. The van der Waals surface area contributed by atoms with Crippen LogP contribution < -0.4 is 10.2 Å². The topological polar surface area (TPSA) is 52.6 Å². The molecule has 2 unspecified atom stereocenters. The molecular formula is C22H24F2N2O2. The number of aliphatic hydroxyl groups excluding tert-OH is 1. The van der Waals surface area contributed by atoms with Crippen molar-refractivity contribution >= 4 is 11.6 Å². The van der Waals surface area contributed by atoms with E-state index in [4.69, 9.17) is 0 Å². The Labute approximate surface area is 163 Å². The predicted molar refractivity (Wildman–Crippen MR) is 103 cm³/mol. The Morgan fingerprint density at radius 3 is 2.57 bits per heavy atom. The summed E-state index contributed by atoms with van der Waals surface area (Å²) in [6, 6.07) is 9.71. The number of amides is 1. The van der Waals surface area contributed by atoms with E-state index in [9.17, 15) is 18.7 Å². The first-order valence-corrected chi connectivity index (χ1v) is 9.70. The number of para-hydroxylation sites is 1. The van der Waals surface area contributed by atoms with Gasteiger partial charge in [0.25, 0.3) is 0 Å². The Hall–Kier alpha value is -2.31. The van der Waals surface area contributed by atoms with Crippen LogP contribution in [0.1, 0.15) is 42.9 Å². The molecule has 1 aliphatic heterocycles. The molecule has 0 bridgehead atoms. The summed E-state index contributed by atoms with van der Waals surface area (Å²) >= 11 is 0. The molecular weight excluding hydrogens is 362 g/mol. The van der Waals surface area contributed by atoms with Crippen LogP contribution in [-0.4, -0.2) is 30.7 Å². The molecule has 1 amide bonds. The maximum Gasteiger partial charge on any atom is 0.238 e. The Morgan fingerprint density at radius 1 is 1.18 bits per heavy atom. The molecule has 1 heterocycles. The van der Waals surface area contributed by atoms with E-state index in [1.807, 2.05) is 6.07 Å². The van der Waals surface area contributed by atoms with Gasteiger partial charge in [-0.2, -0.15) is 0 Å². The number of nitrogens with one attached hydrogen (secondary N) is 1. The van der Waals surface area contributed by atoms with Crippen LogP contribution in [0, 0.1) is 11.6 Å². The second kappa shape index (κ2) is 7.26. The van der Waals surface area contributed by atoms with Gasteiger partial charge in [0.15, 0.2) is 0 Å². The molecule has 1 fully saturated rings. The lowest BCUT2D eigenvalue weighted by molar-refractivity contribution is -0.124. The van der Waals surface area contributed by atoms with Crippen LogP contribution in [0.3, 0.4) is 0 Å². The van der Waals surface area contributed by atoms with Crippen LogP contribution in [0.4, 0.5) is 14.5 Å². The fourth-order valence-corrected chi connectivity index (χ4v) is 4.88. The fraction of sp³-hybridized carbons (Fsp3) is 0.409. The Bertz CT molecular complexity index is 896. The number of hydrogen-bond donors (Lipinski definition) is 2. The number of carbonyl (C=O) groups is 1. The second-order valence-corrected chi connectivity index (χ2v) is 7.73. The van der Waals surface area contributed by atoms with Gasteiger partial charge < -0.3 is 10.4 Å². The summed E-state index contributed by atoms with van der Waals surface area (Å²) in [5, 5.41) is 13.8. The highest BCUT2D eigenvalue weighted by Crippen LogP contribution is 2.54. The molecule has 2 aromatic rings. The Morgan fingerprint density at radius 2 is 1.89 bits per heavy atom. The van der Waals surface area contributed by atoms with Gasteiger partial charge in [-0.1, -0.05) is 37.1 Å². The van der Waals surface area contributed by atoms with Gasteiger partial charge in [0.05, 0.1) is 23.2 Å². The minimum Gasteiger partial charge on any atom is -0.389 e. The van der Waals surface area contributed by atoms with Crippen molar-refractivity contribution in [3.05, 3.63) is 65.2 Å². The van der Waals surface area contributed by atoms with Gasteiger partial charge in [-0.05, 0) is 49.2 Å². The number of rotatable bonds is 5. The number of fused-ring (bicyclic) bond motifs is 2. The molecule has 28 heavy (non-hydrogen) atoms. The number of anilines is 1. The lowest BCUT2D eigenvalue weighted by Crippen LogP contribution is -2.46. The number of hydrogen-bond acceptors (Lipinski definition) is 3. The predicted octanol–water partition coefficient (Wildman–Crippen LogP) is 3.44. The van der Waals surface area contributed by atoms with Gasteiger partial charge in [0, 0.05) is 6.54 Å². The summed E-state index contributed by atoms with van der Waals surface area (Å²) in [7, 11) is 1.69. The Kier molecular flexibility index (Phi) is 4.93. The SMILES string of the molecule is CNCC(O)C(c1cccc(F)c1)N1C(=O)C2(CCCC2)c2cccc(F)c21. The van der Waals surface area contributed by atoms with E-state index < -0.39 is 29.2 Å². The monoisotopic (exact) mass is 386 g/mol. The Balaban J connectivity index is 1.90. The highest BCUT2D eigenvalue weighted by Gasteiger charge is 2.55. The minimum absolute atomic E-state index is 0.182. The number of carbonyl (C=O) groups excluding carboxylic acids is 1. The molecule has 2 N–H and O–H groups in total. The van der Waals surface area contributed by atoms with E-state index in [1.165, 1.54) is 29.2 Å². The summed E-state index contributed by atoms with van der Waals surface area (Å²) in [6.07, 6.45) is 2.10. The van der Waals surface area contributed by atoms with E-state index in [0.717, 1.165) is 12.8 Å². The van der Waals surface area contributed by atoms with Crippen molar-refractivity contribution in [1.82, 2.24) is 5.32 Å². The van der Waals surface area contributed by atoms with Crippen molar-refractivity contribution in [3.63, 3.8) is 0 Å². The van der Waals surface area contributed by atoms with Crippen molar-refractivity contribution in [2.45, 2.75) is 43.2 Å². The normalized spacial score (nSPS) is 19.9. The van der Waals surface area contributed by atoms with Gasteiger partial charge in [-0.15, -0.1) is 0 Å². The molecule has 2 atom stereocenters. The van der Waals surface area contributed by atoms with E-state index in [1.54, 1.807) is 19.2 Å². The third-order valence-electron chi connectivity index (χ3n) is 6.07. The van der Waals surface area contributed by atoms with Crippen LogP contribution in [0.2, 0.25) is 0 Å². The van der Waals surface area contributed by atoms with Crippen LogP contribution in [0.25, 0.3) is 0 Å². The molecule has 0 radical (unpaired) electrons. The van der Waals surface area contributed by atoms with Crippen LogP contribution >= 0.6 is 0 Å². The molecule has 6 heteroatoms. The molecule has 1 spiro atoms. The van der Waals surface area contributed by atoms with Crippen molar-refractivity contribution in [2.24, 2.45) is 0 Å².